The number of allylic oxidation sites excluding steroid dienone is 1. The Kier molecular flexibility index (Phi) is 7.22. The van der Waals surface area contributed by atoms with Gasteiger partial charge in [-0.05, 0) is 42.3 Å². The van der Waals surface area contributed by atoms with Crippen molar-refractivity contribution in [1.29, 1.82) is 0 Å². The van der Waals surface area contributed by atoms with Crippen LogP contribution in [0.1, 0.15) is 12.2 Å². The molecule has 204 valence electrons. The molecular weight excluding hydrogens is 550 g/mol. The van der Waals surface area contributed by atoms with E-state index in [4.69, 9.17) is 0 Å². The van der Waals surface area contributed by atoms with E-state index in [1.165, 1.54) is 16.7 Å². The van der Waals surface area contributed by atoms with E-state index in [1.54, 1.807) is 11.0 Å². The van der Waals surface area contributed by atoms with Gasteiger partial charge in [0, 0.05) is 22.8 Å². The predicted octanol–water partition coefficient (Wildman–Crippen LogP) is 2.75. The van der Waals surface area contributed by atoms with Gasteiger partial charge in [0.05, 0.1) is 24.1 Å². The first-order chi connectivity index (χ1) is 19.4. The first-order valence-corrected chi connectivity index (χ1v) is 14.6. The maximum atomic E-state index is 13.1. The Morgan fingerprint density at radius 1 is 1.15 bits per heavy atom. The second-order valence-corrected chi connectivity index (χ2v) is 11.8. The molecule has 0 bridgehead atoms. The van der Waals surface area contributed by atoms with Gasteiger partial charge in [-0.2, -0.15) is 0 Å². The minimum absolute atomic E-state index is 0.0144. The highest BCUT2D eigenvalue weighted by atomic mass is 32.2. The number of likely N-dealkylation sites (tertiary alicyclic amines) is 1. The summed E-state index contributed by atoms with van der Waals surface area (Å²) in [5.41, 5.74) is 2.57. The molecule has 2 amide bonds. The zero-order valence-electron chi connectivity index (χ0n) is 21.2. The van der Waals surface area contributed by atoms with Gasteiger partial charge in [0.1, 0.15) is 22.9 Å². The third-order valence-electron chi connectivity index (χ3n) is 6.98. The molecule has 3 aliphatic rings. The van der Waals surface area contributed by atoms with Crippen molar-refractivity contribution in [1.82, 2.24) is 25.1 Å². The lowest BCUT2D eigenvalue weighted by atomic mass is 10.0. The number of aromatic nitrogens is 2. The number of H-pyrrole nitrogens is 1. The van der Waals surface area contributed by atoms with Crippen molar-refractivity contribution in [2.24, 2.45) is 0 Å². The number of aromatic amines is 1. The Morgan fingerprint density at radius 3 is 2.70 bits per heavy atom. The number of carboxylic acid groups (broad SMARTS) is 1. The Bertz CT molecular complexity index is 1550. The molecule has 0 spiro atoms. The Hall–Kier alpha value is -3.87. The van der Waals surface area contributed by atoms with Crippen molar-refractivity contribution < 1.29 is 24.3 Å². The number of nitrogens with one attached hydrogen (secondary N) is 2. The van der Waals surface area contributed by atoms with Crippen molar-refractivity contribution in [3.05, 3.63) is 83.3 Å². The summed E-state index contributed by atoms with van der Waals surface area (Å²) >= 11 is 2.51. The average Bonchev–Trinajstić information content (AvgIpc) is 3.51. The van der Waals surface area contributed by atoms with Gasteiger partial charge in [0.2, 0.25) is 16.9 Å². The molecule has 2 saturated heterocycles. The lowest BCUT2D eigenvalue weighted by Crippen LogP contribution is -2.70. The zero-order chi connectivity index (χ0) is 27.8. The van der Waals surface area contributed by atoms with Crippen molar-refractivity contribution in [3.63, 3.8) is 0 Å². The van der Waals surface area contributed by atoms with Crippen LogP contribution in [0.15, 0.2) is 82.4 Å². The molecule has 2 fully saturated rings. The number of nitrogens with zero attached hydrogens (tertiary/aromatic N) is 3. The second kappa shape index (κ2) is 11.0. The van der Waals surface area contributed by atoms with Gasteiger partial charge in [0.15, 0.2) is 0 Å². The van der Waals surface area contributed by atoms with Gasteiger partial charge in [0.25, 0.3) is 0 Å². The number of aliphatic carboxylic acids is 1. The highest BCUT2D eigenvalue weighted by molar-refractivity contribution is 8.13. The number of carbonyl (C=O) groups is 4. The zero-order valence-corrected chi connectivity index (χ0v) is 22.8. The molecule has 0 aliphatic carbocycles. The minimum Gasteiger partial charge on any atom is -0.477 e. The van der Waals surface area contributed by atoms with E-state index < -0.39 is 23.3 Å². The summed E-state index contributed by atoms with van der Waals surface area (Å²) in [4.78, 5) is 62.3. The van der Waals surface area contributed by atoms with Crippen molar-refractivity contribution in [2.45, 2.75) is 29.3 Å². The molecular formula is C28H25N5O5S2. The largest absolute Gasteiger partial charge is 0.477 e. The topological polar surface area (TPSA) is 136 Å². The summed E-state index contributed by atoms with van der Waals surface area (Å²) in [5, 5.41) is 12.4. The lowest BCUT2D eigenvalue weighted by Gasteiger charge is -2.49. The van der Waals surface area contributed by atoms with Crippen LogP contribution in [0.5, 0.6) is 0 Å². The van der Waals surface area contributed by atoms with Gasteiger partial charge in [-0.15, -0.1) is 11.8 Å². The summed E-state index contributed by atoms with van der Waals surface area (Å²) < 4.78 is 0. The molecule has 10 nitrogen and oxygen atoms in total. The predicted molar refractivity (Wildman–Crippen MR) is 151 cm³/mol. The smallest absolute Gasteiger partial charge is 0.352 e. The lowest BCUT2D eigenvalue weighted by molar-refractivity contribution is -0.149. The number of benzene rings is 2. The molecule has 1 aromatic heterocycles. The van der Waals surface area contributed by atoms with E-state index in [2.05, 4.69) is 15.3 Å². The highest BCUT2D eigenvalue weighted by Gasteiger charge is 2.53. The van der Waals surface area contributed by atoms with Crippen LogP contribution < -0.4 is 5.32 Å². The van der Waals surface area contributed by atoms with Crippen LogP contribution in [0.3, 0.4) is 0 Å². The third kappa shape index (κ3) is 5.05. The summed E-state index contributed by atoms with van der Waals surface area (Å²) in [6.45, 7) is 0.808. The molecule has 3 N–H and O–H groups in total. The molecule has 4 heterocycles. The normalized spacial score (nSPS) is 21.8. The Morgan fingerprint density at radius 2 is 1.93 bits per heavy atom. The number of β-lactam (4-membered cyclic amide) rings is 1. The molecule has 40 heavy (non-hydrogen) atoms. The summed E-state index contributed by atoms with van der Waals surface area (Å²) in [7, 11) is 0. The van der Waals surface area contributed by atoms with Crippen LogP contribution in [0.2, 0.25) is 0 Å². The van der Waals surface area contributed by atoms with Crippen molar-refractivity contribution in [2.75, 3.05) is 18.8 Å². The van der Waals surface area contributed by atoms with Gasteiger partial charge in [-0.25, -0.2) is 9.78 Å². The molecule has 2 aromatic carbocycles. The van der Waals surface area contributed by atoms with Crippen LogP contribution in [0, 0.1) is 0 Å². The number of rotatable bonds is 8. The SMILES string of the molecule is O=C(CN[C@@H]1C(=O)N2C(C(=O)O)=C(C=C3CCN(Cc4nc5ccccc5[nH]4)C3=O)CS[C@H]12)Sc1ccccc1. The number of thioether (sulfide) groups is 2. The van der Waals surface area contributed by atoms with Crippen LogP contribution in [-0.4, -0.2) is 78.0 Å². The number of hydrogen-bond acceptors (Lipinski definition) is 8. The fourth-order valence-electron chi connectivity index (χ4n) is 5.08. The standard InChI is InChI=1S/C28H25N5O5S2/c34-22(40-18-6-2-1-3-7-18)13-29-23-26(36)33-24(28(37)38)17(15-39-27(23)33)12-16-10-11-32(25(16)35)14-21-30-19-8-4-5-9-20(19)31-21/h1-9,12,23,27,29H,10-11,13-15H2,(H,30,31)(H,37,38)/t23-,27-/m1/s1. The molecule has 3 aromatic rings. The molecule has 12 heteroatoms. The molecule has 0 radical (unpaired) electrons. The molecule has 6 rings (SSSR count). The monoisotopic (exact) mass is 575 g/mol. The summed E-state index contributed by atoms with van der Waals surface area (Å²) in [6.07, 6.45) is 2.10. The average molecular weight is 576 g/mol. The van der Waals surface area contributed by atoms with E-state index in [9.17, 15) is 24.3 Å². The number of fused-ring (bicyclic) bond motifs is 2. The van der Waals surface area contributed by atoms with E-state index >= 15 is 0 Å². The molecule has 3 aliphatic heterocycles. The number of para-hydroxylation sites is 2. The molecule has 0 unspecified atom stereocenters. The maximum Gasteiger partial charge on any atom is 0.352 e. The molecule has 2 atom stereocenters. The van der Waals surface area contributed by atoms with Crippen LogP contribution in [0.25, 0.3) is 11.0 Å². The molecule has 0 saturated carbocycles. The first kappa shape index (κ1) is 26.4. The van der Waals surface area contributed by atoms with Crippen molar-refractivity contribution >= 4 is 57.5 Å². The van der Waals surface area contributed by atoms with Gasteiger partial charge in [-0.1, -0.05) is 42.1 Å². The second-order valence-electron chi connectivity index (χ2n) is 9.58. The summed E-state index contributed by atoms with van der Waals surface area (Å²) in [6, 6.07) is 16.2. The van der Waals surface area contributed by atoms with E-state index in [-0.39, 0.29) is 23.3 Å². The van der Waals surface area contributed by atoms with E-state index in [0.717, 1.165) is 27.7 Å². The Balaban J connectivity index is 1.12. The first-order valence-electron chi connectivity index (χ1n) is 12.7. The third-order valence-corrected chi connectivity index (χ3v) is 9.16. The quantitative estimate of drug-likeness (QED) is 0.210. The summed E-state index contributed by atoms with van der Waals surface area (Å²) in [5.74, 6) is -0.769. The van der Waals surface area contributed by atoms with E-state index in [0.29, 0.717) is 42.2 Å². The fourth-order valence-corrected chi connectivity index (χ4v) is 7.13. The van der Waals surface area contributed by atoms with Crippen molar-refractivity contribution in [3.8, 4) is 0 Å². The van der Waals surface area contributed by atoms with Crippen LogP contribution in [-0.2, 0) is 25.7 Å². The van der Waals surface area contributed by atoms with E-state index in [1.807, 2.05) is 54.6 Å². The van der Waals surface area contributed by atoms with Crippen LogP contribution >= 0.6 is 23.5 Å². The fraction of sp³-hybridized carbons (Fsp3) is 0.250. The van der Waals surface area contributed by atoms with Crippen LogP contribution in [0.4, 0.5) is 0 Å². The number of carbonyl (C=O) groups excluding carboxylic acids is 3. The highest BCUT2D eigenvalue weighted by Crippen LogP contribution is 2.41. The number of hydrogen-bond donors (Lipinski definition) is 3. The van der Waals surface area contributed by atoms with Gasteiger partial charge in [-0.3, -0.25) is 24.6 Å². The number of amides is 2. The number of carboxylic acids is 1. The van der Waals surface area contributed by atoms with Gasteiger partial charge < -0.3 is 15.0 Å². The Labute approximate surface area is 237 Å². The number of imidazole rings is 1. The minimum atomic E-state index is -1.22. The van der Waals surface area contributed by atoms with Gasteiger partial charge >= 0.3 is 5.97 Å². The maximum absolute atomic E-state index is 13.1.